The van der Waals surface area contributed by atoms with Crippen LogP contribution in [0, 0.1) is 6.92 Å². The number of anilines is 1. The summed E-state index contributed by atoms with van der Waals surface area (Å²) in [5, 5.41) is 0. The Morgan fingerprint density at radius 2 is 2.00 bits per heavy atom. The molecule has 1 aromatic carbocycles. The first-order valence-corrected chi connectivity index (χ1v) is 6.20. The zero-order chi connectivity index (χ0) is 14.9. The van der Waals surface area contributed by atoms with Crippen molar-refractivity contribution in [3.63, 3.8) is 0 Å². The summed E-state index contributed by atoms with van der Waals surface area (Å²) in [6.07, 6.45) is -3.40. The second-order valence-corrected chi connectivity index (χ2v) is 4.86. The molecule has 0 atom stereocenters. The first-order chi connectivity index (χ1) is 9.27. The molecule has 20 heavy (non-hydrogen) atoms. The van der Waals surface area contributed by atoms with Gasteiger partial charge in [-0.25, -0.2) is 0 Å². The van der Waals surface area contributed by atoms with Crippen LogP contribution in [-0.2, 0) is 0 Å². The fraction of sp³-hybridized carbons (Fsp3) is 0.357. The number of carbonyl (C=O) groups is 1. The van der Waals surface area contributed by atoms with E-state index >= 15 is 0 Å². The van der Waals surface area contributed by atoms with Crippen molar-refractivity contribution in [1.29, 1.82) is 0 Å². The van der Waals surface area contributed by atoms with Crippen LogP contribution in [0.15, 0.2) is 29.8 Å². The molecule has 1 aliphatic rings. The van der Waals surface area contributed by atoms with Crippen molar-refractivity contribution in [2.75, 3.05) is 18.8 Å². The molecule has 0 spiro atoms. The van der Waals surface area contributed by atoms with Crippen LogP contribution in [0.3, 0.4) is 0 Å². The molecular weight excluding hydrogens is 269 g/mol. The van der Waals surface area contributed by atoms with E-state index in [4.69, 9.17) is 5.73 Å². The van der Waals surface area contributed by atoms with E-state index in [0.29, 0.717) is 11.3 Å². The number of aryl methyl sites for hydroxylation is 1. The third-order valence-corrected chi connectivity index (χ3v) is 3.21. The predicted molar refractivity (Wildman–Crippen MR) is 70.2 cm³/mol. The molecule has 3 nitrogen and oxygen atoms in total. The molecule has 2 N–H and O–H groups in total. The van der Waals surface area contributed by atoms with Gasteiger partial charge in [-0.3, -0.25) is 4.79 Å². The quantitative estimate of drug-likeness (QED) is 0.636. The monoisotopic (exact) mass is 284 g/mol. The molecule has 0 saturated carbocycles. The van der Waals surface area contributed by atoms with Gasteiger partial charge in [-0.2, -0.15) is 13.2 Å². The summed E-state index contributed by atoms with van der Waals surface area (Å²) in [4.78, 5) is 13.6. The highest BCUT2D eigenvalue weighted by Gasteiger charge is 2.35. The lowest BCUT2D eigenvalue weighted by Crippen LogP contribution is -2.36. The number of benzene rings is 1. The van der Waals surface area contributed by atoms with E-state index in [-0.39, 0.29) is 25.4 Å². The molecule has 1 amide bonds. The average Bonchev–Trinajstić information content (AvgIpc) is 2.36. The molecule has 1 aromatic rings. The van der Waals surface area contributed by atoms with Crippen molar-refractivity contribution in [1.82, 2.24) is 4.90 Å². The van der Waals surface area contributed by atoms with E-state index in [1.807, 2.05) is 6.92 Å². The standard InChI is InChI=1S/C14H15F3N2O/c1-9-6-10(8-12(18)7-9)13(20)19-4-2-11(3-5-19)14(15,16)17/h2,6-8H,3-5,18H2,1H3. The molecule has 0 aromatic heterocycles. The SMILES string of the molecule is Cc1cc(N)cc(C(=O)N2CC=C(C(F)(F)F)CC2)c1. The van der Waals surface area contributed by atoms with E-state index in [9.17, 15) is 18.0 Å². The van der Waals surface area contributed by atoms with Crippen LogP contribution in [0.5, 0.6) is 0 Å². The number of rotatable bonds is 1. The van der Waals surface area contributed by atoms with Gasteiger partial charge in [0, 0.05) is 29.9 Å². The number of hydrogen-bond acceptors (Lipinski definition) is 2. The third-order valence-electron chi connectivity index (χ3n) is 3.21. The van der Waals surface area contributed by atoms with Gasteiger partial charge in [-0.1, -0.05) is 6.08 Å². The second kappa shape index (κ2) is 5.19. The molecule has 1 aliphatic heterocycles. The van der Waals surface area contributed by atoms with Gasteiger partial charge in [-0.05, 0) is 37.1 Å². The van der Waals surface area contributed by atoms with Crippen LogP contribution in [0.2, 0.25) is 0 Å². The minimum atomic E-state index is -4.30. The summed E-state index contributed by atoms with van der Waals surface area (Å²) in [6, 6.07) is 4.95. The molecule has 0 saturated heterocycles. The molecule has 1 heterocycles. The Bertz CT molecular complexity index is 544. The predicted octanol–water partition coefficient (Wildman–Crippen LogP) is 2.91. The summed E-state index contributed by atoms with van der Waals surface area (Å²) in [5.74, 6) is -0.294. The number of nitrogens with two attached hydrogens (primary N) is 1. The van der Waals surface area contributed by atoms with Crippen LogP contribution < -0.4 is 5.73 Å². The Labute approximate surface area is 114 Å². The lowest BCUT2D eigenvalue weighted by Gasteiger charge is -2.27. The highest BCUT2D eigenvalue weighted by molar-refractivity contribution is 5.95. The van der Waals surface area contributed by atoms with Crippen molar-refractivity contribution in [2.24, 2.45) is 0 Å². The maximum atomic E-state index is 12.5. The third kappa shape index (κ3) is 3.12. The van der Waals surface area contributed by atoms with Crippen molar-refractivity contribution in [2.45, 2.75) is 19.5 Å². The zero-order valence-corrected chi connectivity index (χ0v) is 11.0. The normalized spacial score (nSPS) is 16.0. The van der Waals surface area contributed by atoms with Crippen LogP contribution in [0.4, 0.5) is 18.9 Å². The lowest BCUT2D eigenvalue weighted by atomic mass is 10.1. The highest BCUT2D eigenvalue weighted by atomic mass is 19.4. The topological polar surface area (TPSA) is 46.3 Å². The molecule has 6 heteroatoms. The van der Waals surface area contributed by atoms with Crippen molar-refractivity contribution in [3.05, 3.63) is 41.0 Å². The number of hydrogen-bond donors (Lipinski definition) is 1. The Balaban J connectivity index is 2.14. The summed E-state index contributed by atoms with van der Waals surface area (Å²) < 4.78 is 37.5. The number of alkyl halides is 3. The molecule has 108 valence electrons. The average molecular weight is 284 g/mol. The highest BCUT2D eigenvalue weighted by Crippen LogP contribution is 2.30. The molecule has 0 aliphatic carbocycles. The van der Waals surface area contributed by atoms with Crippen molar-refractivity contribution < 1.29 is 18.0 Å². The fourth-order valence-electron chi connectivity index (χ4n) is 2.23. The smallest absolute Gasteiger partial charge is 0.399 e. The summed E-state index contributed by atoms with van der Waals surface area (Å²) in [6.45, 7) is 1.85. The van der Waals surface area contributed by atoms with Gasteiger partial charge < -0.3 is 10.6 Å². The van der Waals surface area contributed by atoms with Gasteiger partial charge in [0.1, 0.15) is 0 Å². The molecule has 0 bridgehead atoms. The lowest BCUT2D eigenvalue weighted by molar-refractivity contribution is -0.0957. The van der Waals surface area contributed by atoms with E-state index in [1.54, 1.807) is 18.2 Å². The fourth-order valence-corrected chi connectivity index (χ4v) is 2.23. The summed E-state index contributed by atoms with van der Waals surface area (Å²) in [5.41, 5.74) is 6.83. The first-order valence-electron chi connectivity index (χ1n) is 6.20. The van der Waals surface area contributed by atoms with Gasteiger partial charge in [0.05, 0.1) is 0 Å². The second-order valence-electron chi connectivity index (χ2n) is 4.86. The molecule has 2 rings (SSSR count). The maximum absolute atomic E-state index is 12.5. The minimum absolute atomic E-state index is 0.0263. The number of carbonyl (C=O) groups excluding carboxylic acids is 1. The Hall–Kier alpha value is -1.98. The maximum Gasteiger partial charge on any atom is 0.412 e. The first kappa shape index (κ1) is 14.4. The van der Waals surface area contributed by atoms with Gasteiger partial charge in [0.15, 0.2) is 0 Å². The van der Waals surface area contributed by atoms with E-state index in [1.165, 1.54) is 4.90 Å². The van der Waals surface area contributed by atoms with Crippen LogP contribution in [0.1, 0.15) is 22.3 Å². The Morgan fingerprint density at radius 1 is 1.30 bits per heavy atom. The van der Waals surface area contributed by atoms with Gasteiger partial charge in [-0.15, -0.1) is 0 Å². The number of halogens is 3. The Kier molecular flexibility index (Phi) is 3.74. The minimum Gasteiger partial charge on any atom is -0.399 e. The van der Waals surface area contributed by atoms with Crippen molar-refractivity contribution in [3.8, 4) is 0 Å². The van der Waals surface area contributed by atoms with Crippen molar-refractivity contribution >= 4 is 11.6 Å². The number of nitrogen functional groups attached to an aromatic ring is 1. The largest absolute Gasteiger partial charge is 0.412 e. The Morgan fingerprint density at radius 3 is 2.50 bits per heavy atom. The van der Waals surface area contributed by atoms with Gasteiger partial charge >= 0.3 is 6.18 Å². The van der Waals surface area contributed by atoms with Crippen LogP contribution in [0.25, 0.3) is 0 Å². The van der Waals surface area contributed by atoms with Crippen LogP contribution >= 0.6 is 0 Å². The molecule has 0 radical (unpaired) electrons. The van der Waals surface area contributed by atoms with E-state index in [0.717, 1.165) is 11.6 Å². The summed E-state index contributed by atoms with van der Waals surface area (Å²) >= 11 is 0. The number of nitrogens with zero attached hydrogens (tertiary/aromatic N) is 1. The van der Waals surface area contributed by atoms with Gasteiger partial charge in [0.2, 0.25) is 0 Å². The number of amides is 1. The van der Waals surface area contributed by atoms with E-state index < -0.39 is 11.7 Å². The molecular formula is C14H15F3N2O. The van der Waals surface area contributed by atoms with Crippen LogP contribution in [-0.4, -0.2) is 30.1 Å². The zero-order valence-electron chi connectivity index (χ0n) is 11.0. The summed E-state index contributed by atoms with van der Waals surface area (Å²) in [7, 11) is 0. The molecule has 0 unspecified atom stereocenters. The molecule has 0 fully saturated rings. The van der Waals surface area contributed by atoms with Gasteiger partial charge in [0.25, 0.3) is 5.91 Å². The van der Waals surface area contributed by atoms with E-state index in [2.05, 4.69) is 0 Å².